The Balaban J connectivity index is 1.63. The molecule has 19 heavy (non-hydrogen) atoms. The number of guanidine groups is 1. The zero-order valence-electron chi connectivity index (χ0n) is 10.9. The topological polar surface area (TPSA) is 67.7 Å². The maximum atomic E-state index is 5.90. The molecule has 100 valence electrons. The Morgan fingerprint density at radius 2 is 2.26 bits per heavy atom. The minimum Gasteiger partial charge on any atom is -0.370 e. The SMILES string of the molecule is NC(=NCc1cn2ccccc2n1)NC1CCCC1. The second-order valence-corrected chi connectivity index (χ2v) is 5.03. The first-order chi connectivity index (χ1) is 9.31. The third-order valence-corrected chi connectivity index (χ3v) is 3.53. The van der Waals surface area contributed by atoms with Gasteiger partial charge in [0.25, 0.3) is 0 Å². The lowest BCUT2D eigenvalue weighted by atomic mass is 10.2. The first-order valence-corrected chi connectivity index (χ1v) is 6.80. The molecular weight excluding hydrogens is 238 g/mol. The molecule has 0 saturated heterocycles. The van der Waals surface area contributed by atoms with E-state index < -0.39 is 0 Å². The van der Waals surface area contributed by atoms with Gasteiger partial charge in [-0.3, -0.25) is 0 Å². The van der Waals surface area contributed by atoms with Gasteiger partial charge in [0.05, 0.1) is 12.2 Å². The van der Waals surface area contributed by atoms with Crippen LogP contribution < -0.4 is 11.1 Å². The lowest BCUT2D eigenvalue weighted by Crippen LogP contribution is -2.38. The smallest absolute Gasteiger partial charge is 0.189 e. The molecule has 1 aliphatic rings. The highest BCUT2D eigenvalue weighted by molar-refractivity contribution is 5.78. The summed E-state index contributed by atoms with van der Waals surface area (Å²) in [6.45, 7) is 0.521. The van der Waals surface area contributed by atoms with E-state index in [9.17, 15) is 0 Å². The number of fused-ring (bicyclic) bond motifs is 1. The molecule has 0 radical (unpaired) electrons. The van der Waals surface area contributed by atoms with Gasteiger partial charge >= 0.3 is 0 Å². The third kappa shape index (κ3) is 2.86. The van der Waals surface area contributed by atoms with E-state index >= 15 is 0 Å². The Labute approximate surface area is 112 Å². The van der Waals surface area contributed by atoms with Crippen molar-refractivity contribution in [3.8, 4) is 0 Å². The van der Waals surface area contributed by atoms with Crippen LogP contribution in [0.5, 0.6) is 0 Å². The summed E-state index contributed by atoms with van der Waals surface area (Å²) in [7, 11) is 0. The van der Waals surface area contributed by atoms with E-state index in [0.29, 0.717) is 18.5 Å². The van der Waals surface area contributed by atoms with Gasteiger partial charge in [0, 0.05) is 18.4 Å². The van der Waals surface area contributed by atoms with Crippen LogP contribution in [0.15, 0.2) is 35.6 Å². The minimum atomic E-state index is 0.504. The quantitative estimate of drug-likeness (QED) is 0.649. The zero-order chi connectivity index (χ0) is 13.1. The molecule has 0 unspecified atom stereocenters. The van der Waals surface area contributed by atoms with E-state index in [2.05, 4.69) is 15.3 Å². The Bertz CT molecular complexity index is 547. The highest BCUT2D eigenvalue weighted by Gasteiger charge is 2.14. The number of aromatic nitrogens is 2. The lowest BCUT2D eigenvalue weighted by molar-refractivity contribution is 0.625. The molecule has 0 aliphatic heterocycles. The van der Waals surface area contributed by atoms with Crippen LogP contribution >= 0.6 is 0 Å². The number of pyridine rings is 1. The van der Waals surface area contributed by atoms with E-state index in [1.165, 1.54) is 25.7 Å². The summed E-state index contributed by atoms with van der Waals surface area (Å²) < 4.78 is 1.99. The van der Waals surface area contributed by atoms with Crippen LogP contribution in [0.4, 0.5) is 0 Å². The summed E-state index contributed by atoms with van der Waals surface area (Å²) in [6, 6.07) is 6.45. The van der Waals surface area contributed by atoms with E-state index in [-0.39, 0.29) is 0 Å². The summed E-state index contributed by atoms with van der Waals surface area (Å²) >= 11 is 0. The van der Waals surface area contributed by atoms with Gasteiger partial charge in [0.1, 0.15) is 5.65 Å². The van der Waals surface area contributed by atoms with Crippen molar-refractivity contribution in [2.45, 2.75) is 38.3 Å². The molecule has 2 aromatic rings. The molecule has 1 saturated carbocycles. The van der Waals surface area contributed by atoms with Crippen molar-refractivity contribution in [2.75, 3.05) is 0 Å². The normalized spacial score (nSPS) is 17.2. The fraction of sp³-hybridized carbons (Fsp3) is 0.429. The molecule has 0 aromatic carbocycles. The number of hydrogen-bond donors (Lipinski definition) is 2. The first-order valence-electron chi connectivity index (χ1n) is 6.80. The van der Waals surface area contributed by atoms with Gasteiger partial charge in [-0.05, 0) is 25.0 Å². The molecule has 5 heteroatoms. The van der Waals surface area contributed by atoms with Crippen LogP contribution in [0, 0.1) is 0 Å². The summed E-state index contributed by atoms with van der Waals surface area (Å²) in [6.07, 6.45) is 8.95. The second kappa shape index (κ2) is 5.30. The van der Waals surface area contributed by atoms with Gasteiger partial charge in [0.2, 0.25) is 0 Å². The molecular formula is C14H19N5. The average Bonchev–Trinajstić information content (AvgIpc) is 3.04. The van der Waals surface area contributed by atoms with Crippen molar-refractivity contribution < 1.29 is 0 Å². The lowest BCUT2D eigenvalue weighted by Gasteiger charge is -2.11. The van der Waals surface area contributed by atoms with Gasteiger partial charge in [-0.2, -0.15) is 0 Å². The fourth-order valence-electron chi connectivity index (χ4n) is 2.55. The predicted molar refractivity (Wildman–Crippen MR) is 75.9 cm³/mol. The largest absolute Gasteiger partial charge is 0.370 e. The Kier molecular flexibility index (Phi) is 3.35. The predicted octanol–water partition coefficient (Wildman–Crippen LogP) is 1.68. The Morgan fingerprint density at radius 1 is 1.42 bits per heavy atom. The second-order valence-electron chi connectivity index (χ2n) is 5.03. The number of nitrogens with two attached hydrogens (primary N) is 1. The Morgan fingerprint density at radius 3 is 3.05 bits per heavy atom. The first kappa shape index (κ1) is 12.0. The molecule has 0 bridgehead atoms. The molecule has 0 spiro atoms. The summed E-state index contributed by atoms with van der Waals surface area (Å²) in [5, 5.41) is 3.28. The molecule has 3 N–H and O–H groups in total. The van der Waals surface area contributed by atoms with Crippen LogP contribution in [0.25, 0.3) is 5.65 Å². The highest BCUT2D eigenvalue weighted by atomic mass is 15.1. The molecule has 3 rings (SSSR count). The van der Waals surface area contributed by atoms with Gasteiger partial charge in [-0.1, -0.05) is 18.9 Å². The van der Waals surface area contributed by atoms with E-state index in [1.54, 1.807) is 0 Å². The zero-order valence-corrected chi connectivity index (χ0v) is 10.9. The van der Waals surface area contributed by atoms with Gasteiger partial charge < -0.3 is 15.5 Å². The monoisotopic (exact) mass is 257 g/mol. The minimum absolute atomic E-state index is 0.504. The summed E-state index contributed by atoms with van der Waals surface area (Å²) in [4.78, 5) is 8.85. The number of hydrogen-bond acceptors (Lipinski definition) is 2. The van der Waals surface area contributed by atoms with Crippen LogP contribution in [0.3, 0.4) is 0 Å². The van der Waals surface area contributed by atoms with Crippen molar-refractivity contribution in [1.82, 2.24) is 14.7 Å². The fourth-order valence-corrected chi connectivity index (χ4v) is 2.55. The van der Waals surface area contributed by atoms with Crippen LogP contribution in [-0.2, 0) is 6.54 Å². The van der Waals surface area contributed by atoms with Crippen LogP contribution in [-0.4, -0.2) is 21.4 Å². The van der Waals surface area contributed by atoms with E-state index in [0.717, 1.165) is 11.3 Å². The number of rotatable bonds is 3. The van der Waals surface area contributed by atoms with Crippen molar-refractivity contribution in [1.29, 1.82) is 0 Å². The number of nitrogens with one attached hydrogen (secondary N) is 1. The van der Waals surface area contributed by atoms with Crippen LogP contribution in [0.2, 0.25) is 0 Å². The van der Waals surface area contributed by atoms with Gasteiger partial charge in [-0.15, -0.1) is 0 Å². The third-order valence-electron chi connectivity index (χ3n) is 3.53. The number of aliphatic imine (C=N–C) groups is 1. The maximum Gasteiger partial charge on any atom is 0.189 e. The van der Waals surface area contributed by atoms with Crippen LogP contribution in [0.1, 0.15) is 31.4 Å². The Hall–Kier alpha value is -2.04. The summed E-state index contributed by atoms with van der Waals surface area (Å²) in [5.41, 5.74) is 7.77. The molecule has 0 atom stereocenters. The molecule has 0 amide bonds. The van der Waals surface area contributed by atoms with Crippen molar-refractivity contribution >= 4 is 11.6 Å². The van der Waals surface area contributed by atoms with E-state index in [4.69, 9.17) is 5.73 Å². The van der Waals surface area contributed by atoms with Gasteiger partial charge in [0.15, 0.2) is 5.96 Å². The number of nitrogens with zero attached hydrogens (tertiary/aromatic N) is 3. The maximum absolute atomic E-state index is 5.90. The number of imidazole rings is 1. The molecule has 2 heterocycles. The molecule has 1 fully saturated rings. The summed E-state index contributed by atoms with van der Waals surface area (Å²) in [5.74, 6) is 0.531. The van der Waals surface area contributed by atoms with Crippen molar-refractivity contribution in [3.05, 3.63) is 36.3 Å². The average molecular weight is 257 g/mol. The standard InChI is InChI=1S/C14H19N5/c15-14(18-11-5-1-2-6-11)16-9-12-10-19-8-4-3-7-13(19)17-12/h3-4,7-8,10-11H,1-2,5-6,9H2,(H3,15,16,18). The van der Waals surface area contributed by atoms with Crippen molar-refractivity contribution in [3.63, 3.8) is 0 Å². The molecule has 1 aliphatic carbocycles. The van der Waals surface area contributed by atoms with E-state index in [1.807, 2.05) is 35.0 Å². The molecule has 2 aromatic heterocycles. The van der Waals surface area contributed by atoms with Crippen molar-refractivity contribution in [2.24, 2.45) is 10.7 Å². The highest BCUT2D eigenvalue weighted by Crippen LogP contribution is 2.17. The molecule has 5 nitrogen and oxygen atoms in total. The van der Waals surface area contributed by atoms with Gasteiger partial charge in [-0.25, -0.2) is 9.98 Å².